The van der Waals surface area contributed by atoms with Crippen molar-refractivity contribution in [3.63, 3.8) is 0 Å². The molecular formula is C29H33Cl2N3O4S. The van der Waals surface area contributed by atoms with Gasteiger partial charge in [0, 0.05) is 18.1 Å². The van der Waals surface area contributed by atoms with Crippen LogP contribution in [0.1, 0.15) is 37.8 Å². The third-order valence-corrected chi connectivity index (χ3v) is 8.77. The monoisotopic (exact) mass is 589 g/mol. The topological polar surface area (TPSA) is 86.8 Å². The van der Waals surface area contributed by atoms with Gasteiger partial charge in [0.15, 0.2) is 0 Å². The molecule has 7 nitrogen and oxygen atoms in total. The van der Waals surface area contributed by atoms with Crippen molar-refractivity contribution in [3.05, 3.63) is 94.0 Å². The number of halogens is 2. The molecule has 3 aromatic carbocycles. The van der Waals surface area contributed by atoms with Crippen LogP contribution in [-0.2, 0) is 26.2 Å². The molecule has 1 N–H and O–H groups in total. The van der Waals surface area contributed by atoms with Crippen molar-refractivity contribution in [1.29, 1.82) is 0 Å². The van der Waals surface area contributed by atoms with Crippen molar-refractivity contribution < 1.29 is 18.0 Å². The average Bonchev–Trinajstić information content (AvgIpc) is 2.91. The van der Waals surface area contributed by atoms with Crippen molar-refractivity contribution >= 4 is 50.7 Å². The Labute approximate surface area is 240 Å². The summed E-state index contributed by atoms with van der Waals surface area (Å²) < 4.78 is 28.7. The number of anilines is 1. The molecule has 0 radical (unpaired) electrons. The van der Waals surface area contributed by atoms with E-state index >= 15 is 0 Å². The molecule has 3 rings (SSSR count). The van der Waals surface area contributed by atoms with Gasteiger partial charge in [-0.3, -0.25) is 13.9 Å². The highest BCUT2D eigenvalue weighted by atomic mass is 35.5. The minimum Gasteiger partial charge on any atom is -0.354 e. The van der Waals surface area contributed by atoms with Gasteiger partial charge in [0.05, 0.1) is 15.6 Å². The lowest BCUT2D eigenvalue weighted by Crippen LogP contribution is -2.51. The van der Waals surface area contributed by atoms with Crippen molar-refractivity contribution in [1.82, 2.24) is 10.2 Å². The lowest BCUT2D eigenvalue weighted by atomic mass is 10.1. The van der Waals surface area contributed by atoms with Crippen molar-refractivity contribution in [2.24, 2.45) is 0 Å². The number of sulfonamides is 1. The fourth-order valence-electron chi connectivity index (χ4n) is 3.93. The summed E-state index contributed by atoms with van der Waals surface area (Å²) in [7, 11) is -4.19. The highest BCUT2D eigenvalue weighted by molar-refractivity contribution is 7.92. The van der Waals surface area contributed by atoms with E-state index in [2.05, 4.69) is 5.32 Å². The van der Waals surface area contributed by atoms with Crippen LogP contribution in [0.2, 0.25) is 10.0 Å². The van der Waals surface area contributed by atoms with Crippen LogP contribution >= 0.6 is 23.2 Å². The molecule has 0 aromatic heterocycles. The Kier molecular flexibility index (Phi) is 10.8. The Hall–Kier alpha value is -3.07. The Balaban J connectivity index is 2.02. The number of carbonyl (C=O) groups excluding carboxylic acids is 2. The smallest absolute Gasteiger partial charge is 0.264 e. The average molecular weight is 591 g/mol. The number of benzene rings is 3. The second-order valence-electron chi connectivity index (χ2n) is 9.21. The normalized spacial score (nSPS) is 12.0. The molecule has 0 saturated carbocycles. The van der Waals surface area contributed by atoms with E-state index in [0.29, 0.717) is 17.1 Å². The molecule has 0 fully saturated rings. The minimum atomic E-state index is -4.19. The quantitative estimate of drug-likeness (QED) is 0.269. The van der Waals surface area contributed by atoms with Gasteiger partial charge in [-0.1, -0.05) is 84.6 Å². The number of amides is 2. The van der Waals surface area contributed by atoms with Gasteiger partial charge in [0.25, 0.3) is 10.0 Å². The van der Waals surface area contributed by atoms with E-state index in [1.807, 2.05) is 13.8 Å². The number of para-hydroxylation sites is 1. The Morgan fingerprint density at radius 2 is 1.54 bits per heavy atom. The first-order chi connectivity index (χ1) is 18.6. The van der Waals surface area contributed by atoms with E-state index in [1.165, 1.54) is 17.0 Å². The van der Waals surface area contributed by atoms with Gasteiger partial charge >= 0.3 is 0 Å². The molecule has 0 heterocycles. The maximum absolute atomic E-state index is 13.9. The molecule has 39 heavy (non-hydrogen) atoms. The van der Waals surface area contributed by atoms with E-state index < -0.39 is 28.5 Å². The minimum absolute atomic E-state index is 0.0157. The number of rotatable bonds is 12. The first-order valence-corrected chi connectivity index (χ1v) is 14.9. The van der Waals surface area contributed by atoms with Gasteiger partial charge in [-0.15, -0.1) is 0 Å². The van der Waals surface area contributed by atoms with Gasteiger partial charge in [0.1, 0.15) is 12.6 Å². The molecule has 0 aliphatic carbocycles. The molecule has 0 aliphatic heterocycles. The number of hydrogen-bond donors (Lipinski definition) is 1. The molecule has 208 valence electrons. The summed E-state index contributed by atoms with van der Waals surface area (Å²) in [4.78, 5) is 28.3. The first kappa shape index (κ1) is 30.5. The van der Waals surface area contributed by atoms with Crippen molar-refractivity contribution in [2.45, 2.75) is 51.1 Å². The summed E-state index contributed by atoms with van der Waals surface area (Å²) in [6, 6.07) is 18.9. The number of nitrogens with one attached hydrogen (secondary N) is 1. The number of carbonyl (C=O) groups is 2. The van der Waals surface area contributed by atoms with Crippen LogP contribution in [0.15, 0.2) is 77.7 Å². The molecule has 3 aromatic rings. The summed E-state index contributed by atoms with van der Waals surface area (Å²) in [6.07, 6.45) is 1.70. The predicted octanol–water partition coefficient (Wildman–Crippen LogP) is 5.83. The van der Waals surface area contributed by atoms with E-state index in [-0.39, 0.29) is 28.1 Å². The second kappa shape index (κ2) is 13.8. The number of nitrogens with zero attached hydrogens (tertiary/aromatic N) is 2. The lowest BCUT2D eigenvalue weighted by molar-refractivity contribution is -0.139. The van der Waals surface area contributed by atoms with E-state index in [4.69, 9.17) is 23.2 Å². The Morgan fingerprint density at radius 1 is 0.923 bits per heavy atom. The van der Waals surface area contributed by atoms with Crippen LogP contribution in [-0.4, -0.2) is 44.3 Å². The van der Waals surface area contributed by atoms with E-state index in [0.717, 1.165) is 22.7 Å². The van der Waals surface area contributed by atoms with Crippen LogP contribution in [0.4, 0.5) is 5.69 Å². The van der Waals surface area contributed by atoms with Crippen LogP contribution in [0.25, 0.3) is 0 Å². The molecule has 1 atom stereocenters. The highest BCUT2D eigenvalue weighted by Crippen LogP contribution is 2.31. The number of aryl methyl sites for hydroxylation is 1. The largest absolute Gasteiger partial charge is 0.354 e. The van der Waals surface area contributed by atoms with Gasteiger partial charge < -0.3 is 10.2 Å². The molecule has 2 amide bonds. The predicted molar refractivity (Wildman–Crippen MR) is 157 cm³/mol. The summed E-state index contributed by atoms with van der Waals surface area (Å²) in [5.74, 6) is -0.918. The van der Waals surface area contributed by atoms with Crippen LogP contribution in [0.3, 0.4) is 0 Å². The zero-order valence-corrected chi connectivity index (χ0v) is 24.6. The number of hydrogen-bond acceptors (Lipinski definition) is 4. The second-order valence-corrected chi connectivity index (χ2v) is 11.9. The molecule has 0 bridgehead atoms. The summed E-state index contributed by atoms with van der Waals surface area (Å²) in [6.45, 7) is 5.40. The SMILES string of the molecule is CCCCNC(=O)[C@H](C)N(Cc1ccccc1Cl)C(=O)CN(c1ccccc1Cl)S(=O)(=O)c1ccc(C)cc1. The molecule has 0 saturated heterocycles. The van der Waals surface area contributed by atoms with Crippen LogP contribution < -0.4 is 9.62 Å². The van der Waals surface area contributed by atoms with Gasteiger partial charge in [0.2, 0.25) is 11.8 Å². The molecular weight excluding hydrogens is 557 g/mol. The maximum Gasteiger partial charge on any atom is 0.264 e. The molecule has 0 unspecified atom stereocenters. The standard InChI is InChI=1S/C29H33Cl2N3O4S/c1-4-5-18-32-29(36)22(3)33(19-23-10-6-7-11-25(23)30)28(35)20-34(27-13-9-8-12-26(27)31)39(37,38)24-16-14-21(2)15-17-24/h6-17,22H,4-5,18-20H2,1-3H3,(H,32,36)/t22-/m0/s1. The third-order valence-electron chi connectivity index (χ3n) is 6.30. The van der Waals surface area contributed by atoms with Crippen LogP contribution in [0, 0.1) is 6.92 Å². The molecule has 0 aliphatic rings. The van der Waals surface area contributed by atoms with Crippen LogP contribution in [0.5, 0.6) is 0 Å². The van der Waals surface area contributed by atoms with E-state index in [1.54, 1.807) is 67.6 Å². The summed E-state index contributed by atoms with van der Waals surface area (Å²) in [5, 5.41) is 3.46. The zero-order chi connectivity index (χ0) is 28.6. The van der Waals surface area contributed by atoms with Crippen molar-refractivity contribution in [3.8, 4) is 0 Å². The lowest BCUT2D eigenvalue weighted by Gasteiger charge is -2.32. The van der Waals surface area contributed by atoms with E-state index in [9.17, 15) is 18.0 Å². The summed E-state index contributed by atoms with van der Waals surface area (Å²) in [5.41, 5.74) is 1.68. The Bertz CT molecular complexity index is 1400. The molecule has 0 spiro atoms. The highest BCUT2D eigenvalue weighted by Gasteiger charge is 2.33. The first-order valence-electron chi connectivity index (χ1n) is 12.7. The number of unbranched alkanes of at least 4 members (excludes halogenated alkanes) is 1. The van der Waals surface area contributed by atoms with Crippen molar-refractivity contribution in [2.75, 3.05) is 17.4 Å². The molecule has 10 heteroatoms. The van der Waals surface area contributed by atoms with Gasteiger partial charge in [-0.05, 0) is 56.2 Å². The maximum atomic E-state index is 13.9. The zero-order valence-electron chi connectivity index (χ0n) is 22.2. The van der Waals surface area contributed by atoms with Gasteiger partial charge in [-0.25, -0.2) is 8.42 Å². The van der Waals surface area contributed by atoms with Gasteiger partial charge in [-0.2, -0.15) is 0 Å². The summed E-state index contributed by atoms with van der Waals surface area (Å²) >= 11 is 12.8. The fraction of sp³-hybridized carbons (Fsp3) is 0.310. The third kappa shape index (κ3) is 7.75. The fourth-order valence-corrected chi connectivity index (χ4v) is 5.85. The Morgan fingerprint density at radius 3 is 2.15 bits per heavy atom.